The zero-order valence-electron chi connectivity index (χ0n) is 22.9. The van der Waals surface area contributed by atoms with Crippen LogP contribution < -0.4 is 10.8 Å². The predicted molar refractivity (Wildman–Crippen MR) is 141 cm³/mol. The van der Waals surface area contributed by atoms with Crippen LogP contribution in [0.4, 0.5) is 4.79 Å². The van der Waals surface area contributed by atoms with Gasteiger partial charge in [0.25, 0.3) is 0 Å². The van der Waals surface area contributed by atoms with Crippen molar-refractivity contribution in [3.8, 4) is 0 Å². The van der Waals surface area contributed by atoms with Gasteiger partial charge in [0.05, 0.1) is 11.2 Å². The summed E-state index contributed by atoms with van der Waals surface area (Å²) in [5.74, 6) is 1.41. The first-order chi connectivity index (χ1) is 16.7. The summed E-state index contributed by atoms with van der Waals surface area (Å²) < 4.78 is 17.4. The molecule has 2 aliphatic rings. The highest BCUT2D eigenvalue weighted by Gasteiger charge is 2.52. The molecule has 2 aliphatic heterocycles. The number of amides is 2. The van der Waals surface area contributed by atoms with E-state index in [9.17, 15) is 9.59 Å². The lowest BCUT2D eigenvalue weighted by molar-refractivity contribution is -0.134. The summed E-state index contributed by atoms with van der Waals surface area (Å²) in [6.07, 6.45) is 5.95. The van der Waals surface area contributed by atoms with E-state index in [1.54, 1.807) is 51.9 Å². The molecule has 9 nitrogen and oxygen atoms in total. The standard InChI is InChI=1S/C25H41BN4O5S/c1-17(29-22(32)33-23(2,3)4)20(31)30-12-9-18(10-13-30)11-14-36-21-27-15-19(16-28-21)26-34-24(5,6)25(7,8)35-26/h15-18H,9-14H2,1-8H3,(H,29,32)/t17-/m1/s1. The van der Waals surface area contributed by atoms with Crippen LogP contribution in [-0.2, 0) is 18.8 Å². The second-order valence-corrected chi connectivity index (χ2v) is 12.7. The molecule has 0 aromatic carbocycles. The molecule has 1 aromatic heterocycles. The number of nitrogens with zero attached hydrogens (tertiary/aromatic N) is 3. The molecule has 2 saturated heterocycles. The third-order valence-electron chi connectivity index (χ3n) is 6.96. The monoisotopic (exact) mass is 520 g/mol. The molecule has 0 aliphatic carbocycles. The Morgan fingerprint density at radius 1 is 1.17 bits per heavy atom. The van der Waals surface area contributed by atoms with E-state index in [4.69, 9.17) is 14.0 Å². The molecule has 0 unspecified atom stereocenters. The van der Waals surface area contributed by atoms with E-state index < -0.39 is 36.1 Å². The van der Waals surface area contributed by atoms with Crippen molar-refractivity contribution in [1.29, 1.82) is 0 Å². The van der Waals surface area contributed by atoms with Crippen molar-refractivity contribution < 1.29 is 23.6 Å². The minimum atomic E-state index is -0.607. The Labute approximate surface area is 220 Å². The molecule has 200 valence electrons. The van der Waals surface area contributed by atoms with Gasteiger partial charge in [-0.3, -0.25) is 4.79 Å². The molecule has 1 N–H and O–H groups in total. The van der Waals surface area contributed by atoms with E-state index in [2.05, 4.69) is 15.3 Å². The van der Waals surface area contributed by atoms with Gasteiger partial charge < -0.3 is 24.3 Å². The van der Waals surface area contributed by atoms with Crippen LogP contribution in [0.15, 0.2) is 17.6 Å². The van der Waals surface area contributed by atoms with Crippen molar-refractivity contribution in [3.63, 3.8) is 0 Å². The molecule has 2 fully saturated rings. The van der Waals surface area contributed by atoms with Crippen molar-refractivity contribution in [2.45, 2.75) is 103 Å². The van der Waals surface area contributed by atoms with Crippen molar-refractivity contribution in [2.75, 3.05) is 18.8 Å². The lowest BCUT2D eigenvalue weighted by atomic mass is 9.81. The second kappa shape index (κ2) is 11.3. The Morgan fingerprint density at radius 2 is 1.72 bits per heavy atom. The van der Waals surface area contributed by atoms with Crippen LogP contribution in [0.25, 0.3) is 0 Å². The van der Waals surface area contributed by atoms with E-state index in [1.807, 2.05) is 32.6 Å². The zero-order valence-corrected chi connectivity index (χ0v) is 23.7. The Bertz CT molecular complexity index is 898. The highest BCUT2D eigenvalue weighted by atomic mass is 32.2. The highest BCUT2D eigenvalue weighted by Crippen LogP contribution is 2.36. The van der Waals surface area contributed by atoms with Gasteiger partial charge in [-0.15, -0.1) is 0 Å². The number of carbonyl (C=O) groups excluding carboxylic acids is 2. The normalized spacial score (nSPS) is 20.8. The van der Waals surface area contributed by atoms with Crippen LogP contribution in [0.2, 0.25) is 0 Å². The maximum Gasteiger partial charge on any atom is 0.498 e. The van der Waals surface area contributed by atoms with Gasteiger partial charge in [0, 0.05) is 36.7 Å². The van der Waals surface area contributed by atoms with Gasteiger partial charge in [0.2, 0.25) is 5.91 Å². The smallest absolute Gasteiger partial charge is 0.444 e. The predicted octanol–water partition coefficient (Wildman–Crippen LogP) is 3.41. The molecular weight excluding hydrogens is 479 g/mol. The fourth-order valence-corrected chi connectivity index (χ4v) is 4.97. The SMILES string of the molecule is C[C@@H](NC(=O)OC(C)(C)C)C(=O)N1CCC(CCSc2ncc(B3OC(C)(C)C(C)(C)O3)cn2)CC1. The third kappa shape index (κ3) is 7.58. The summed E-state index contributed by atoms with van der Waals surface area (Å²) in [6.45, 7) is 16.6. The lowest BCUT2D eigenvalue weighted by Gasteiger charge is -2.33. The van der Waals surface area contributed by atoms with Crippen molar-refractivity contribution >= 4 is 36.3 Å². The molecule has 3 heterocycles. The van der Waals surface area contributed by atoms with Crippen LogP contribution in [0, 0.1) is 5.92 Å². The Hall–Kier alpha value is -1.85. The van der Waals surface area contributed by atoms with E-state index >= 15 is 0 Å². The van der Waals surface area contributed by atoms with Gasteiger partial charge in [-0.1, -0.05) is 11.8 Å². The number of aromatic nitrogens is 2. The Balaban J connectivity index is 1.37. The minimum absolute atomic E-state index is 0.0656. The first-order valence-electron chi connectivity index (χ1n) is 12.8. The summed E-state index contributed by atoms with van der Waals surface area (Å²) in [7, 11) is -0.455. The van der Waals surface area contributed by atoms with Gasteiger partial charge in [0.15, 0.2) is 5.16 Å². The number of nitrogens with one attached hydrogen (secondary N) is 1. The number of ether oxygens (including phenoxy) is 1. The maximum absolute atomic E-state index is 12.7. The average molecular weight is 521 g/mol. The van der Waals surface area contributed by atoms with Gasteiger partial charge in [0.1, 0.15) is 11.6 Å². The number of likely N-dealkylation sites (tertiary alicyclic amines) is 1. The van der Waals surface area contributed by atoms with Crippen LogP contribution in [0.3, 0.4) is 0 Å². The fourth-order valence-electron chi connectivity index (χ4n) is 4.08. The molecule has 1 aromatic rings. The highest BCUT2D eigenvalue weighted by molar-refractivity contribution is 7.99. The molecule has 0 radical (unpaired) electrons. The number of hydrogen-bond acceptors (Lipinski definition) is 8. The summed E-state index contributed by atoms with van der Waals surface area (Å²) in [4.78, 5) is 35.5. The van der Waals surface area contributed by atoms with Crippen molar-refractivity contribution in [1.82, 2.24) is 20.2 Å². The number of rotatable bonds is 7. The average Bonchev–Trinajstić information content (AvgIpc) is 2.99. The summed E-state index contributed by atoms with van der Waals surface area (Å²) in [5.41, 5.74) is -0.551. The number of hydrogen-bond donors (Lipinski definition) is 1. The third-order valence-corrected chi connectivity index (χ3v) is 7.87. The molecule has 0 bridgehead atoms. The summed E-state index contributed by atoms with van der Waals surface area (Å²) >= 11 is 1.64. The molecular formula is C25H41BN4O5S. The molecule has 2 amide bonds. The summed E-state index contributed by atoms with van der Waals surface area (Å²) in [5, 5.41) is 3.38. The van der Waals surface area contributed by atoms with Gasteiger partial charge in [-0.05, 0) is 80.6 Å². The maximum atomic E-state index is 12.7. The van der Waals surface area contributed by atoms with Gasteiger partial charge in [-0.25, -0.2) is 14.8 Å². The van der Waals surface area contributed by atoms with Crippen LogP contribution in [-0.4, -0.2) is 75.7 Å². The first-order valence-corrected chi connectivity index (χ1v) is 13.7. The molecule has 36 heavy (non-hydrogen) atoms. The van der Waals surface area contributed by atoms with Crippen molar-refractivity contribution in [3.05, 3.63) is 12.4 Å². The topological polar surface area (TPSA) is 103 Å². The van der Waals surface area contributed by atoms with E-state index in [1.165, 1.54) is 0 Å². The molecule has 1 atom stereocenters. The number of carbonyl (C=O) groups is 2. The number of thioether (sulfide) groups is 1. The van der Waals surface area contributed by atoms with Gasteiger partial charge >= 0.3 is 13.2 Å². The number of piperidine rings is 1. The second-order valence-electron chi connectivity index (χ2n) is 11.7. The largest absolute Gasteiger partial charge is 0.498 e. The molecule has 0 spiro atoms. The van der Waals surface area contributed by atoms with Crippen LogP contribution in [0.1, 0.15) is 74.7 Å². The molecule has 0 saturated carbocycles. The molecule has 3 rings (SSSR count). The van der Waals surface area contributed by atoms with E-state index in [0.29, 0.717) is 19.0 Å². The first kappa shape index (κ1) is 28.7. The van der Waals surface area contributed by atoms with Gasteiger partial charge in [-0.2, -0.15) is 0 Å². The van der Waals surface area contributed by atoms with Crippen LogP contribution >= 0.6 is 11.8 Å². The lowest BCUT2D eigenvalue weighted by Crippen LogP contribution is -2.50. The van der Waals surface area contributed by atoms with E-state index in [-0.39, 0.29) is 5.91 Å². The zero-order chi connectivity index (χ0) is 26.7. The number of alkyl carbamates (subject to hydrolysis) is 1. The van der Waals surface area contributed by atoms with E-state index in [0.717, 1.165) is 35.6 Å². The minimum Gasteiger partial charge on any atom is -0.444 e. The fraction of sp³-hybridized carbons (Fsp3) is 0.760. The Morgan fingerprint density at radius 3 is 2.25 bits per heavy atom. The quantitative estimate of drug-likeness (QED) is 0.332. The van der Waals surface area contributed by atoms with Crippen LogP contribution in [0.5, 0.6) is 0 Å². The van der Waals surface area contributed by atoms with Crippen molar-refractivity contribution in [2.24, 2.45) is 5.92 Å². The molecule has 11 heteroatoms. The summed E-state index contributed by atoms with van der Waals surface area (Å²) in [6, 6.07) is -0.607. The Kier molecular flexibility index (Phi) is 8.99.